The molecule has 3 heteroatoms. The van der Waals surface area contributed by atoms with E-state index in [0.29, 0.717) is 12.2 Å². The average Bonchev–Trinajstić information content (AvgIpc) is 2.45. The molecule has 3 nitrogen and oxygen atoms in total. The summed E-state index contributed by atoms with van der Waals surface area (Å²) < 4.78 is 5.05. The molecule has 0 aliphatic heterocycles. The molecule has 0 aliphatic rings. The molecular formula is C17H18O3. The third kappa shape index (κ3) is 3.45. The molecule has 0 fully saturated rings. The molecule has 0 unspecified atom stereocenters. The highest BCUT2D eigenvalue weighted by atomic mass is 16.5. The Labute approximate surface area is 118 Å². The first-order chi connectivity index (χ1) is 9.60. The summed E-state index contributed by atoms with van der Waals surface area (Å²) in [6.45, 7) is 2.61. The predicted molar refractivity (Wildman–Crippen MR) is 79.2 cm³/mol. The topological polar surface area (TPSA) is 46.5 Å². The Morgan fingerprint density at radius 2 is 1.80 bits per heavy atom. The van der Waals surface area contributed by atoms with Gasteiger partial charge < -0.3 is 9.84 Å². The molecule has 0 atom stereocenters. The van der Waals surface area contributed by atoms with Crippen LogP contribution in [0, 0.1) is 6.92 Å². The third-order valence-corrected chi connectivity index (χ3v) is 3.21. The van der Waals surface area contributed by atoms with Crippen molar-refractivity contribution in [2.24, 2.45) is 0 Å². The van der Waals surface area contributed by atoms with Crippen LogP contribution in [-0.4, -0.2) is 24.8 Å². The minimum absolute atomic E-state index is 0.323. The number of aromatic carboxylic acids is 1. The van der Waals surface area contributed by atoms with Gasteiger partial charge in [0.2, 0.25) is 0 Å². The Kier molecular flexibility index (Phi) is 4.53. The SMILES string of the molecule is COCCc1ccc(-c2cc(C)cc(C(=O)O)c2)cc1. The minimum atomic E-state index is -0.897. The second kappa shape index (κ2) is 6.35. The van der Waals surface area contributed by atoms with Crippen molar-refractivity contribution < 1.29 is 14.6 Å². The lowest BCUT2D eigenvalue weighted by Crippen LogP contribution is -1.97. The summed E-state index contributed by atoms with van der Waals surface area (Å²) in [5, 5.41) is 9.11. The van der Waals surface area contributed by atoms with Crippen molar-refractivity contribution in [1.82, 2.24) is 0 Å². The second-order valence-corrected chi connectivity index (χ2v) is 4.83. The number of rotatable bonds is 5. The van der Waals surface area contributed by atoms with Gasteiger partial charge in [0.1, 0.15) is 0 Å². The fraction of sp³-hybridized carbons (Fsp3) is 0.235. The van der Waals surface area contributed by atoms with E-state index in [4.69, 9.17) is 9.84 Å². The Balaban J connectivity index is 2.29. The molecule has 0 aliphatic carbocycles. The van der Waals surface area contributed by atoms with Crippen molar-refractivity contribution in [3.05, 3.63) is 59.2 Å². The summed E-state index contributed by atoms with van der Waals surface area (Å²) in [4.78, 5) is 11.1. The quantitative estimate of drug-likeness (QED) is 0.903. The van der Waals surface area contributed by atoms with Gasteiger partial charge in [0, 0.05) is 7.11 Å². The smallest absolute Gasteiger partial charge is 0.335 e. The van der Waals surface area contributed by atoms with Gasteiger partial charge in [0.25, 0.3) is 0 Å². The maximum Gasteiger partial charge on any atom is 0.335 e. The first-order valence-corrected chi connectivity index (χ1v) is 6.53. The van der Waals surface area contributed by atoms with Gasteiger partial charge in [-0.3, -0.25) is 0 Å². The molecule has 2 aromatic rings. The van der Waals surface area contributed by atoms with Crippen molar-refractivity contribution in [1.29, 1.82) is 0 Å². The molecule has 104 valence electrons. The number of carboxylic acid groups (broad SMARTS) is 1. The maximum atomic E-state index is 11.1. The summed E-state index contributed by atoms with van der Waals surface area (Å²) in [6, 6.07) is 13.5. The number of carboxylic acids is 1. The van der Waals surface area contributed by atoms with Gasteiger partial charge in [-0.2, -0.15) is 0 Å². The molecule has 20 heavy (non-hydrogen) atoms. The fourth-order valence-electron chi connectivity index (χ4n) is 2.16. The highest BCUT2D eigenvalue weighted by Crippen LogP contribution is 2.23. The van der Waals surface area contributed by atoms with E-state index in [9.17, 15) is 4.79 Å². The molecule has 0 radical (unpaired) electrons. The highest BCUT2D eigenvalue weighted by molar-refractivity contribution is 5.89. The number of hydrogen-bond donors (Lipinski definition) is 1. The van der Waals surface area contributed by atoms with Crippen LogP contribution in [0.25, 0.3) is 11.1 Å². The second-order valence-electron chi connectivity index (χ2n) is 4.83. The van der Waals surface area contributed by atoms with E-state index in [1.54, 1.807) is 19.2 Å². The largest absolute Gasteiger partial charge is 0.478 e. The number of aryl methyl sites for hydroxylation is 1. The average molecular weight is 270 g/mol. The standard InChI is InChI=1S/C17H18O3/c1-12-9-15(11-16(10-12)17(18)19)14-5-3-13(4-6-14)7-8-20-2/h3-6,9-11H,7-8H2,1-2H3,(H,18,19). The molecule has 1 N–H and O–H groups in total. The van der Waals surface area contributed by atoms with E-state index >= 15 is 0 Å². The normalized spacial score (nSPS) is 10.5. The number of carbonyl (C=O) groups is 1. The van der Waals surface area contributed by atoms with Crippen molar-refractivity contribution in [3.63, 3.8) is 0 Å². The molecule has 0 saturated heterocycles. The van der Waals surface area contributed by atoms with Crippen LogP contribution in [0.1, 0.15) is 21.5 Å². The number of benzene rings is 2. The van der Waals surface area contributed by atoms with E-state index in [1.807, 2.05) is 25.1 Å². The summed E-state index contributed by atoms with van der Waals surface area (Å²) in [5.41, 5.74) is 4.44. The van der Waals surface area contributed by atoms with Crippen LogP contribution in [0.2, 0.25) is 0 Å². The molecule has 0 spiro atoms. The van der Waals surface area contributed by atoms with Gasteiger partial charge >= 0.3 is 5.97 Å². The van der Waals surface area contributed by atoms with Gasteiger partial charge in [-0.15, -0.1) is 0 Å². The highest BCUT2D eigenvalue weighted by Gasteiger charge is 2.07. The van der Waals surface area contributed by atoms with Crippen molar-refractivity contribution in [2.75, 3.05) is 13.7 Å². The lowest BCUT2D eigenvalue weighted by molar-refractivity contribution is 0.0697. The minimum Gasteiger partial charge on any atom is -0.478 e. The number of hydrogen-bond acceptors (Lipinski definition) is 2. The van der Waals surface area contributed by atoms with Crippen LogP contribution < -0.4 is 0 Å². The lowest BCUT2D eigenvalue weighted by atomic mass is 9.99. The predicted octanol–water partition coefficient (Wildman–Crippen LogP) is 3.55. The first kappa shape index (κ1) is 14.3. The third-order valence-electron chi connectivity index (χ3n) is 3.21. The molecule has 0 saturated carbocycles. The van der Waals surface area contributed by atoms with E-state index in [2.05, 4.69) is 12.1 Å². The zero-order valence-corrected chi connectivity index (χ0v) is 11.7. The molecule has 2 rings (SSSR count). The molecule has 0 bridgehead atoms. The Morgan fingerprint density at radius 1 is 1.10 bits per heavy atom. The fourth-order valence-corrected chi connectivity index (χ4v) is 2.16. The van der Waals surface area contributed by atoms with Crippen molar-refractivity contribution >= 4 is 5.97 Å². The zero-order chi connectivity index (χ0) is 14.5. The van der Waals surface area contributed by atoms with Gasteiger partial charge in [-0.1, -0.05) is 30.3 Å². The maximum absolute atomic E-state index is 11.1. The first-order valence-electron chi connectivity index (χ1n) is 6.53. The number of methoxy groups -OCH3 is 1. The van der Waals surface area contributed by atoms with E-state index < -0.39 is 5.97 Å². The van der Waals surface area contributed by atoms with Gasteiger partial charge in [-0.25, -0.2) is 4.79 Å². The summed E-state index contributed by atoms with van der Waals surface area (Å²) in [7, 11) is 1.69. The van der Waals surface area contributed by atoms with Crippen LogP contribution >= 0.6 is 0 Å². The van der Waals surface area contributed by atoms with Crippen LogP contribution in [0.15, 0.2) is 42.5 Å². The van der Waals surface area contributed by atoms with Crippen LogP contribution in [0.3, 0.4) is 0 Å². The monoisotopic (exact) mass is 270 g/mol. The number of ether oxygens (including phenoxy) is 1. The van der Waals surface area contributed by atoms with E-state index in [1.165, 1.54) is 5.56 Å². The molecule has 0 amide bonds. The molecule has 0 heterocycles. The molecule has 0 aromatic heterocycles. The van der Waals surface area contributed by atoms with E-state index in [0.717, 1.165) is 23.1 Å². The van der Waals surface area contributed by atoms with Crippen LogP contribution in [-0.2, 0) is 11.2 Å². The zero-order valence-electron chi connectivity index (χ0n) is 11.7. The van der Waals surface area contributed by atoms with Crippen LogP contribution in [0.4, 0.5) is 0 Å². The van der Waals surface area contributed by atoms with Crippen molar-refractivity contribution in [3.8, 4) is 11.1 Å². The Morgan fingerprint density at radius 3 is 2.40 bits per heavy atom. The van der Waals surface area contributed by atoms with Crippen molar-refractivity contribution in [2.45, 2.75) is 13.3 Å². The summed E-state index contributed by atoms with van der Waals surface area (Å²) >= 11 is 0. The van der Waals surface area contributed by atoms with Crippen LogP contribution in [0.5, 0.6) is 0 Å². The summed E-state index contributed by atoms with van der Waals surface area (Å²) in [5.74, 6) is -0.897. The lowest BCUT2D eigenvalue weighted by Gasteiger charge is -2.07. The molecular weight excluding hydrogens is 252 g/mol. The van der Waals surface area contributed by atoms with E-state index in [-0.39, 0.29) is 0 Å². The summed E-state index contributed by atoms with van der Waals surface area (Å²) in [6.07, 6.45) is 0.880. The van der Waals surface area contributed by atoms with Gasteiger partial charge in [0.15, 0.2) is 0 Å². The van der Waals surface area contributed by atoms with Gasteiger partial charge in [-0.05, 0) is 47.7 Å². The Bertz CT molecular complexity index is 600. The Hall–Kier alpha value is -2.13. The van der Waals surface area contributed by atoms with Gasteiger partial charge in [0.05, 0.1) is 12.2 Å². The molecule has 2 aromatic carbocycles.